The van der Waals surface area contributed by atoms with Crippen molar-refractivity contribution in [1.29, 1.82) is 0 Å². The predicted molar refractivity (Wildman–Crippen MR) is 54.0 cm³/mol. The molecule has 2 rings (SSSR count). The molecule has 0 saturated carbocycles. The van der Waals surface area contributed by atoms with Gasteiger partial charge < -0.3 is 15.2 Å². The van der Waals surface area contributed by atoms with Gasteiger partial charge in [0.15, 0.2) is 0 Å². The molecule has 1 aliphatic heterocycles. The van der Waals surface area contributed by atoms with Crippen LogP contribution in [0.1, 0.15) is 12.8 Å². The molecule has 6 nitrogen and oxygen atoms in total. The molecule has 0 aromatic carbocycles. The number of carboxylic acid groups (broad SMARTS) is 1. The third-order valence-electron chi connectivity index (χ3n) is 2.46. The van der Waals surface area contributed by atoms with E-state index in [0.29, 0.717) is 31.2 Å². The molecule has 1 aromatic rings. The van der Waals surface area contributed by atoms with E-state index < -0.39 is 11.5 Å². The first-order chi connectivity index (χ1) is 7.23. The van der Waals surface area contributed by atoms with Gasteiger partial charge in [-0.25, -0.2) is 4.79 Å². The van der Waals surface area contributed by atoms with Gasteiger partial charge in [0.25, 0.3) is 0 Å². The van der Waals surface area contributed by atoms with E-state index in [2.05, 4.69) is 15.5 Å². The van der Waals surface area contributed by atoms with E-state index in [-0.39, 0.29) is 0 Å². The minimum absolute atomic E-state index is 0.446. The lowest BCUT2D eigenvalue weighted by atomic mass is 9.90. The van der Waals surface area contributed by atoms with Crippen molar-refractivity contribution in [1.82, 2.24) is 10.2 Å². The number of anilines is 1. The predicted octanol–water partition coefficient (Wildman–Crippen LogP) is 0.584. The molecular formula is C8H11N3O3S. The van der Waals surface area contributed by atoms with E-state index in [1.165, 1.54) is 11.3 Å². The van der Waals surface area contributed by atoms with Crippen LogP contribution in [0.3, 0.4) is 0 Å². The minimum atomic E-state index is -0.947. The van der Waals surface area contributed by atoms with Crippen molar-refractivity contribution in [2.75, 3.05) is 18.5 Å². The van der Waals surface area contributed by atoms with Crippen LogP contribution in [0.5, 0.6) is 0 Å². The number of nitrogens with one attached hydrogen (secondary N) is 1. The Bertz CT molecular complexity index is 335. The molecule has 2 heterocycles. The van der Waals surface area contributed by atoms with Crippen molar-refractivity contribution in [3.05, 3.63) is 5.51 Å². The Kier molecular flexibility index (Phi) is 2.83. The van der Waals surface area contributed by atoms with Gasteiger partial charge in [-0.3, -0.25) is 0 Å². The number of aromatic nitrogens is 2. The molecule has 1 saturated heterocycles. The molecule has 2 N–H and O–H groups in total. The highest BCUT2D eigenvalue weighted by atomic mass is 32.1. The molecule has 15 heavy (non-hydrogen) atoms. The maximum Gasteiger partial charge on any atom is 0.329 e. The van der Waals surface area contributed by atoms with Gasteiger partial charge in [-0.05, 0) is 0 Å². The van der Waals surface area contributed by atoms with Crippen molar-refractivity contribution in [2.24, 2.45) is 0 Å². The van der Waals surface area contributed by atoms with Crippen LogP contribution >= 0.6 is 11.3 Å². The Hall–Kier alpha value is -1.21. The number of nitrogens with zero attached hydrogens (tertiary/aromatic N) is 2. The maximum atomic E-state index is 11.2. The fourth-order valence-electron chi connectivity index (χ4n) is 1.54. The lowest BCUT2D eigenvalue weighted by Crippen LogP contribution is -2.50. The van der Waals surface area contributed by atoms with Crippen LogP contribution in [0.4, 0.5) is 5.13 Å². The quantitative estimate of drug-likeness (QED) is 0.788. The average molecular weight is 229 g/mol. The third kappa shape index (κ3) is 2.07. The Labute approximate surface area is 90.3 Å². The van der Waals surface area contributed by atoms with Crippen LogP contribution in [0.25, 0.3) is 0 Å². The van der Waals surface area contributed by atoms with E-state index in [0.717, 1.165) is 0 Å². The summed E-state index contributed by atoms with van der Waals surface area (Å²) in [5.74, 6) is -0.860. The lowest BCUT2D eigenvalue weighted by Gasteiger charge is -2.33. The van der Waals surface area contributed by atoms with Gasteiger partial charge in [0.1, 0.15) is 11.0 Å². The summed E-state index contributed by atoms with van der Waals surface area (Å²) in [6, 6.07) is 0. The summed E-state index contributed by atoms with van der Waals surface area (Å²) in [5, 5.41) is 20.2. The second-order valence-electron chi connectivity index (χ2n) is 3.37. The Balaban J connectivity index is 2.15. The summed E-state index contributed by atoms with van der Waals surface area (Å²) < 4.78 is 5.16. The highest BCUT2D eigenvalue weighted by Gasteiger charge is 2.40. The molecule has 0 spiro atoms. The van der Waals surface area contributed by atoms with E-state index in [1.54, 1.807) is 5.51 Å². The van der Waals surface area contributed by atoms with E-state index >= 15 is 0 Å². The summed E-state index contributed by atoms with van der Waals surface area (Å²) in [5.41, 5.74) is 0.620. The van der Waals surface area contributed by atoms with Gasteiger partial charge in [0.05, 0.1) is 0 Å². The van der Waals surface area contributed by atoms with E-state index in [9.17, 15) is 9.90 Å². The molecule has 0 atom stereocenters. The molecule has 82 valence electrons. The zero-order valence-electron chi connectivity index (χ0n) is 7.97. The number of hydrogen-bond donors (Lipinski definition) is 2. The number of rotatable bonds is 3. The lowest BCUT2D eigenvalue weighted by molar-refractivity contribution is -0.145. The van der Waals surface area contributed by atoms with E-state index in [1.807, 2.05) is 0 Å². The fraction of sp³-hybridized carbons (Fsp3) is 0.625. The van der Waals surface area contributed by atoms with Gasteiger partial charge in [-0.15, -0.1) is 10.2 Å². The first kappa shape index (κ1) is 10.3. The van der Waals surface area contributed by atoms with Crippen LogP contribution in [0, 0.1) is 0 Å². The Morgan fingerprint density at radius 2 is 2.33 bits per heavy atom. The van der Waals surface area contributed by atoms with Crippen LogP contribution in [0.2, 0.25) is 0 Å². The number of ether oxygens (including phenoxy) is 1. The van der Waals surface area contributed by atoms with Crippen LogP contribution in [-0.2, 0) is 9.53 Å². The highest BCUT2D eigenvalue weighted by molar-refractivity contribution is 7.13. The van der Waals surface area contributed by atoms with Gasteiger partial charge in [0.2, 0.25) is 5.13 Å². The van der Waals surface area contributed by atoms with Crippen molar-refractivity contribution < 1.29 is 14.6 Å². The van der Waals surface area contributed by atoms with Crippen LogP contribution < -0.4 is 5.32 Å². The van der Waals surface area contributed by atoms with Gasteiger partial charge in [-0.1, -0.05) is 11.3 Å². The normalized spacial score (nSPS) is 19.7. The fourth-order valence-corrected chi connectivity index (χ4v) is 2.09. The summed E-state index contributed by atoms with van der Waals surface area (Å²) >= 11 is 1.30. The zero-order valence-corrected chi connectivity index (χ0v) is 8.79. The maximum absolute atomic E-state index is 11.2. The second kappa shape index (κ2) is 4.11. The molecule has 0 radical (unpaired) electrons. The average Bonchev–Trinajstić information content (AvgIpc) is 2.71. The van der Waals surface area contributed by atoms with Gasteiger partial charge in [0, 0.05) is 26.1 Å². The second-order valence-corrected chi connectivity index (χ2v) is 4.20. The summed E-state index contributed by atoms with van der Waals surface area (Å²) in [6.07, 6.45) is 0.893. The van der Waals surface area contributed by atoms with Crippen molar-refractivity contribution >= 4 is 22.4 Å². The highest BCUT2D eigenvalue weighted by Crippen LogP contribution is 2.26. The Morgan fingerprint density at radius 3 is 2.87 bits per heavy atom. The molecule has 0 bridgehead atoms. The summed E-state index contributed by atoms with van der Waals surface area (Å²) in [7, 11) is 0. The molecule has 7 heteroatoms. The monoisotopic (exact) mass is 229 g/mol. The van der Waals surface area contributed by atoms with Gasteiger partial charge >= 0.3 is 5.97 Å². The first-order valence-electron chi connectivity index (χ1n) is 4.58. The molecular weight excluding hydrogens is 218 g/mol. The smallest absolute Gasteiger partial charge is 0.329 e. The first-order valence-corrected chi connectivity index (χ1v) is 5.46. The largest absolute Gasteiger partial charge is 0.480 e. The summed E-state index contributed by atoms with van der Waals surface area (Å²) in [6.45, 7) is 0.913. The minimum Gasteiger partial charge on any atom is -0.480 e. The molecule has 1 aliphatic rings. The molecule has 0 amide bonds. The topological polar surface area (TPSA) is 84.3 Å². The van der Waals surface area contributed by atoms with Crippen molar-refractivity contribution in [3.8, 4) is 0 Å². The van der Waals surface area contributed by atoms with Gasteiger partial charge in [-0.2, -0.15) is 0 Å². The van der Waals surface area contributed by atoms with Crippen molar-refractivity contribution in [3.63, 3.8) is 0 Å². The number of hydrogen-bond acceptors (Lipinski definition) is 6. The molecule has 1 aromatic heterocycles. The van der Waals surface area contributed by atoms with Crippen molar-refractivity contribution in [2.45, 2.75) is 18.4 Å². The van der Waals surface area contributed by atoms with Crippen LogP contribution in [0.15, 0.2) is 5.51 Å². The van der Waals surface area contributed by atoms with E-state index in [4.69, 9.17) is 4.74 Å². The molecule has 1 fully saturated rings. The number of aliphatic carboxylic acids is 1. The molecule has 0 unspecified atom stereocenters. The number of carbonyl (C=O) groups is 1. The standard InChI is InChI=1S/C8H11N3O3S/c12-6(13)8(1-3-14-4-2-8)10-7-11-9-5-15-7/h5H,1-4H2,(H,10,11)(H,12,13). The zero-order chi connectivity index (χ0) is 10.7. The summed E-state index contributed by atoms with van der Waals surface area (Å²) in [4.78, 5) is 11.2. The van der Waals surface area contributed by atoms with Crippen LogP contribution in [-0.4, -0.2) is 40.0 Å². The SMILES string of the molecule is O=C(O)C1(Nc2nncs2)CCOCC1. The molecule has 0 aliphatic carbocycles. The number of carboxylic acids is 1. The third-order valence-corrected chi connectivity index (χ3v) is 3.07. The Morgan fingerprint density at radius 1 is 1.60 bits per heavy atom.